The van der Waals surface area contributed by atoms with Gasteiger partial charge in [-0.2, -0.15) is 0 Å². The summed E-state index contributed by atoms with van der Waals surface area (Å²) in [5.41, 5.74) is 1.12. The Morgan fingerprint density at radius 3 is 2.95 bits per heavy atom. The molecule has 0 amide bonds. The van der Waals surface area contributed by atoms with Crippen molar-refractivity contribution in [2.75, 3.05) is 19.8 Å². The highest BCUT2D eigenvalue weighted by atomic mass is 32.1. The summed E-state index contributed by atoms with van der Waals surface area (Å²) in [7, 11) is 0. The fourth-order valence-electron chi connectivity index (χ4n) is 2.00. The Hall–Kier alpha value is -0.780. The standard InChI is InChI=1S/C14H22N2O2S/c1-14(2,3)12-9-19-13(16-12)7-11(17)6-10-8-18-5-4-15-10/h9-10,15H,4-8H2,1-3H3. The van der Waals surface area contributed by atoms with Crippen LogP contribution >= 0.6 is 11.3 Å². The zero-order valence-electron chi connectivity index (χ0n) is 11.9. The summed E-state index contributed by atoms with van der Waals surface area (Å²) in [5, 5.41) is 6.29. The Morgan fingerprint density at radius 1 is 1.58 bits per heavy atom. The number of nitrogens with zero attached hydrogens (tertiary/aromatic N) is 1. The molecule has 0 saturated carbocycles. The third-order valence-electron chi connectivity index (χ3n) is 3.14. The zero-order valence-corrected chi connectivity index (χ0v) is 12.7. The first-order valence-corrected chi connectivity index (χ1v) is 7.61. The van der Waals surface area contributed by atoms with E-state index in [1.165, 1.54) is 0 Å². The maximum atomic E-state index is 12.0. The highest BCUT2D eigenvalue weighted by Gasteiger charge is 2.20. The minimum atomic E-state index is 0.0521. The quantitative estimate of drug-likeness (QED) is 0.917. The summed E-state index contributed by atoms with van der Waals surface area (Å²) < 4.78 is 5.35. The molecule has 19 heavy (non-hydrogen) atoms. The molecular formula is C14H22N2O2S. The van der Waals surface area contributed by atoms with Gasteiger partial charge < -0.3 is 10.1 Å². The Bertz CT molecular complexity index is 431. The predicted octanol–water partition coefficient (Wildman–Crippen LogP) is 1.93. The van der Waals surface area contributed by atoms with Gasteiger partial charge in [0.25, 0.3) is 0 Å². The molecule has 1 saturated heterocycles. The van der Waals surface area contributed by atoms with Crippen LogP contribution in [0.3, 0.4) is 0 Å². The van der Waals surface area contributed by atoms with E-state index in [1.807, 2.05) is 0 Å². The second-order valence-corrected chi connectivity index (χ2v) is 6.96. The van der Waals surface area contributed by atoms with Crippen LogP contribution in [0.1, 0.15) is 37.9 Å². The van der Waals surface area contributed by atoms with Gasteiger partial charge in [0.15, 0.2) is 0 Å². The summed E-state index contributed by atoms with van der Waals surface area (Å²) in [6, 6.07) is 0.170. The molecule has 4 nitrogen and oxygen atoms in total. The van der Waals surface area contributed by atoms with Gasteiger partial charge in [-0.15, -0.1) is 11.3 Å². The number of thiazole rings is 1. The summed E-state index contributed by atoms with van der Waals surface area (Å²) in [6.45, 7) is 8.62. The lowest BCUT2D eigenvalue weighted by molar-refractivity contribution is -0.119. The molecule has 0 radical (unpaired) electrons. The summed E-state index contributed by atoms with van der Waals surface area (Å²) in [6.07, 6.45) is 0.976. The molecule has 1 aliphatic rings. The van der Waals surface area contributed by atoms with Crippen molar-refractivity contribution in [3.05, 3.63) is 16.1 Å². The van der Waals surface area contributed by atoms with Gasteiger partial charge in [0.1, 0.15) is 10.8 Å². The number of rotatable bonds is 4. The van der Waals surface area contributed by atoms with Crippen molar-refractivity contribution in [1.29, 1.82) is 0 Å². The van der Waals surface area contributed by atoms with Crippen LogP contribution in [0.2, 0.25) is 0 Å². The molecule has 1 atom stereocenters. The summed E-state index contributed by atoms with van der Waals surface area (Å²) in [5.74, 6) is 0.234. The number of carbonyl (C=O) groups excluding carboxylic acids is 1. The monoisotopic (exact) mass is 282 g/mol. The van der Waals surface area contributed by atoms with Gasteiger partial charge in [0.05, 0.1) is 25.3 Å². The number of nitrogens with one attached hydrogen (secondary N) is 1. The average Bonchev–Trinajstić information content (AvgIpc) is 2.78. The van der Waals surface area contributed by atoms with E-state index in [2.05, 4.69) is 36.5 Å². The third-order valence-corrected chi connectivity index (χ3v) is 3.99. The molecule has 1 aliphatic heterocycles. The molecule has 5 heteroatoms. The van der Waals surface area contributed by atoms with E-state index in [9.17, 15) is 4.79 Å². The van der Waals surface area contributed by atoms with Crippen molar-refractivity contribution in [2.45, 2.75) is 45.1 Å². The average molecular weight is 282 g/mol. The van der Waals surface area contributed by atoms with E-state index in [4.69, 9.17) is 4.74 Å². The molecule has 2 heterocycles. The lowest BCUT2D eigenvalue weighted by Crippen LogP contribution is -2.42. The first-order chi connectivity index (χ1) is 8.95. The molecule has 106 valence electrons. The fraction of sp³-hybridized carbons (Fsp3) is 0.714. The maximum Gasteiger partial charge on any atom is 0.141 e. The van der Waals surface area contributed by atoms with Crippen LogP contribution in [0.25, 0.3) is 0 Å². The second kappa shape index (κ2) is 6.11. The van der Waals surface area contributed by atoms with E-state index >= 15 is 0 Å². The zero-order chi connectivity index (χ0) is 13.9. The van der Waals surface area contributed by atoms with Crippen LogP contribution in [-0.2, 0) is 21.4 Å². The number of ether oxygens (including phenoxy) is 1. The van der Waals surface area contributed by atoms with Crippen LogP contribution < -0.4 is 5.32 Å². The highest BCUT2D eigenvalue weighted by molar-refractivity contribution is 7.09. The van der Waals surface area contributed by atoms with E-state index in [0.29, 0.717) is 19.4 Å². The minimum Gasteiger partial charge on any atom is -0.379 e. The molecule has 1 fully saturated rings. The molecule has 1 unspecified atom stereocenters. The first kappa shape index (κ1) is 14.6. The second-order valence-electron chi connectivity index (χ2n) is 6.02. The number of aromatic nitrogens is 1. The predicted molar refractivity (Wildman–Crippen MR) is 76.8 cm³/mol. The normalized spacial score (nSPS) is 20.5. The van der Waals surface area contributed by atoms with Gasteiger partial charge in [0.2, 0.25) is 0 Å². The Morgan fingerprint density at radius 2 is 2.37 bits per heavy atom. The van der Waals surface area contributed by atoms with E-state index in [0.717, 1.165) is 23.9 Å². The van der Waals surface area contributed by atoms with Crippen LogP contribution in [0.15, 0.2) is 5.38 Å². The molecule has 0 spiro atoms. The minimum absolute atomic E-state index is 0.0521. The van der Waals surface area contributed by atoms with Crippen molar-refractivity contribution < 1.29 is 9.53 Å². The van der Waals surface area contributed by atoms with Gasteiger partial charge in [-0.1, -0.05) is 20.8 Å². The van der Waals surface area contributed by atoms with Crippen LogP contribution in [0.4, 0.5) is 0 Å². The first-order valence-electron chi connectivity index (χ1n) is 6.73. The summed E-state index contributed by atoms with van der Waals surface area (Å²) >= 11 is 1.58. The van der Waals surface area contributed by atoms with Crippen molar-refractivity contribution >= 4 is 17.1 Å². The number of ketones is 1. The topological polar surface area (TPSA) is 51.2 Å². The van der Waals surface area contributed by atoms with Crippen LogP contribution in [0, 0.1) is 0 Å². The van der Waals surface area contributed by atoms with Gasteiger partial charge in [-0.05, 0) is 0 Å². The van der Waals surface area contributed by atoms with Gasteiger partial charge in [0, 0.05) is 29.8 Å². The number of Topliss-reactive ketones (excluding diaryl/α,β-unsaturated/α-hetero) is 1. The Kier molecular flexibility index (Phi) is 4.71. The maximum absolute atomic E-state index is 12.0. The van der Waals surface area contributed by atoms with Gasteiger partial charge in [-0.25, -0.2) is 4.98 Å². The molecule has 1 aromatic heterocycles. The highest BCUT2D eigenvalue weighted by Crippen LogP contribution is 2.24. The molecule has 1 aromatic rings. The van der Waals surface area contributed by atoms with Crippen molar-refractivity contribution in [2.24, 2.45) is 0 Å². The number of morpholine rings is 1. The van der Waals surface area contributed by atoms with Crippen molar-refractivity contribution in [3.63, 3.8) is 0 Å². The largest absolute Gasteiger partial charge is 0.379 e. The Balaban J connectivity index is 1.86. The smallest absolute Gasteiger partial charge is 0.141 e. The van der Waals surface area contributed by atoms with Gasteiger partial charge in [-0.3, -0.25) is 4.79 Å². The van der Waals surface area contributed by atoms with Crippen LogP contribution in [-0.4, -0.2) is 36.6 Å². The molecule has 1 N–H and O–H groups in total. The van der Waals surface area contributed by atoms with E-state index < -0.39 is 0 Å². The van der Waals surface area contributed by atoms with Gasteiger partial charge >= 0.3 is 0 Å². The molecule has 2 rings (SSSR count). The SMILES string of the molecule is CC(C)(C)c1csc(CC(=O)CC2COCCN2)n1. The van der Waals surface area contributed by atoms with Crippen LogP contribution in [0.5, 0.6) is 0 Å². The molecular weight excluding hydrogens is 260 g/mol. The lowest BCUT2D eigenvalue weighted by atomic mass is 9.93. The molecule has 0 bridgehead atoms. The lowest BCUT2D eigenvalue weighted by Gasteiger charge is -2.22. The van der Waals surface area contributed by atoms with E-state index in [-0.39, 0.29) is 17.2 Å². The Labute approximate surface area is 118 Å². The molecule has 0 aliphatic carbocycles. The summed E-state index contributed by atoms with van der Waals surface area (Å²) in [4.78, 5) is 16.6. The number of carbonyl (C=O) groups is 1. The number of hydrogen-bond acceptors (Lipinski definition) is 5. The third kappa shape index (κ3) is 4.37. The van der Waals surface area contributed by atoms with Crippen molar-refractivity contribution in [1.82, 2.24) is 10.3 Å². The van der Waals surface area contributed by atoms with E-state index in [1.54, 1.807) is 11.3 Å². The van der Waals surface area contributed by atoms with Crippen molar-refractivity contribution in [3.8, 4) is 0 Å². The molecule has 0 aromatic carbocycles. The number of hydrogen-bond donors (Lipinski definition) is 1. The fourth-order valence-corrected chi connectivity index (χ4v) is 3.05.